The van der Waals surface area contributed by atoms with E-state index in [9.17, 15) is 9.90 Å². The zero-order chi connectivity index (χ0) is 15.6. The van der Waals surface area contributed by atoms with Gasteiger partial charge in [-0.05, 0) is 43.9 Å². The van der Waals surface area contributed by atoms with Crippen LogP contribution < -0.4 is 4.90 Å². The van der Waals surface area contributed by atoms with Gasteiger partial charge in [0, 0.05) is 17.6 Å². The summed E-state index contributed by atoms with van der Waals surface area (Å²) in [7, 11) is 1.91. The lowest BCUT2D eigenvalue weighted by Crippen LogP contribution is -2.15. The molecule has 0 aliphatic rings. The largest absolute Gasteiger partial charge is 0.478 e. The van der Waals surface area contributed by atoms with Crippen LogP contribution in [-0.2, 0) is 0 Å². The first-order valence-electron chi connectivity index (χ1n) is 6.67. The lowest BCUT2D eigenvalue weighted by atomic mass is 10.1. The molecule has 2 aromatic carbocycles. The molecule has 0 radical (unpaired) electrons. The third-order valence-corrected chi connectivity index (χ3v) is 4.29. The van der Waals surface area contributed by atoms with Crippen LogP contribution in [0.1, 0.15) is 21.5 Å². The van der Waals surface area contributed by atoms with Crippen LogP contribution in [0.25, 0.3) is 0 Å². The molecule has 0 amide bonds. The molecule has 2 rings (SSSR count). The van der Waals surface area contributed by atoms with Crippen LogP contribution in [0.15, 0.2) is 41.3 Å². The van der Waals surface area contributed by atoms with E-state index in [1.807, 2.05) is 62.4 Å². The van der Waals surface area contributed by atoms with Crippen molar-refractivity contribution in [3.8, 4) is 0 Å². The maximum atomic E-state index is 11.6. The average Bonchev–Trinajstić information content (AvgIpc) is 2.45. The molecule has 0 unspecified atom stereocenters. The summed E-state index contributed by atoms with van der Waals surface area (Å²) in [5, 5.41) is 9.55. The van der Waals surface area contributed by atoms with Crippen molar-refractivity contribution in [2.75, 3.05) is 18.2 Å². The fraction of sp³-hybridized carbons (Fsp3) is 0.235. The maximum Gasteiger partial charge on any atom is 0.338 e. The summed E-state index contributed by atoms with van der Waals surface area (Å²) in [5.41, 5.74) is 4.40. The number of carboxylic acids is 1. The number of carbonyl (C=O) groups is 1. The molecule has 0 heterocycles. The number of anilines is 2. The van der Waals surface area contributed by atoms with Crippen LogP contribution in [0.4, 0.5) is 11.4 Å². The molecule has 0 bridgehead atoms. The Hall–Kier alpha value is -1.94. The Balaban J connectivity index is 2.58. The van der Waals surface area contributed by atoms with E-state index in [0.29, 0.717) is 11.3 Å². The second kappa shape index (κ2) is 6.22. The van der Waals surface area contributed by atoms with Crippen molar-refractivity contribution in [3.63, 3.8) is 0 Å². The zero-order valence-electron chi connectivity index (χ0n) is 12.7. The van der Waals surface area contributed by atoms with Crippen molar-refractivity contribution in [2.24, 2.45) is 0 Å². The highest BCUT2D eigenvalue weighted by Crippen LogP contribution is 2.34. The van der Waals surface area contributed by atoms with Gasteiger partial charge in [-0.2, -0.15) is 0 Å². The standard InChI is InChI=1S/C17H19NO2S/c1-11-8-9-13(12(2)10-11)18(3)14-6-5-7-15(21-4)16(14)17(19)20/h5-10H,1-4H3,(H,19,20). The number of benzene rings is 2. The highest BCUT2D eigenvalue weighted by atomic mass is 32.2. The van der Waals surface area contributed by atoms with Crippen molar-refractivity contribution in [3.05, 3.63) is 53.1 Å². The Kier molecular flexibility index (Phi) is 4.58. The molecule has 0 aliphatic carbocycles. The highest BCUT2D eigenvalue weighted by Gasteiger charge is 2.19. The van der Waals surface area contributed by atoms with E-state index in [4.69, 9.17) is 0 Å². The molecule has 0 atom stereocenters. The molecule has 2 aromatic rings. The van der Waals surface area contributed by atoms with Gasteiger partial charge in [-0.1, -0.05) is 23.8 Å². The third kappa shape index (κ3) is 3.05. The third-order valence-electron chi connectivity index (χ3n) is 3.51. The van der Waals surface area contributed by atoms with Crippen LogP contribution in [0.3, 0.4) is 0 Å². The fourth-order valence-corrected chi connectivity index (χ4v) is 3.11. The smallest absolute Gasteiger partial charge is 0.338 e. The maximum absolute atomic E-state index is 11.6. The molecule has 0 saturated carbocycles. The SMILES string of the molecule is CSc1cccc(N(C)c2ccc(C)cc2C)c1C(=O)O. The second-order valence-electron chi connectivity index (χ2n) is 5.01. The zero-order valence-corrected chi connectivity index (χ0v) is 13.5. The van der Waals surface area contributed by atoms with Gasteiger partial charge in [-0.3, -0.25) is 0 Å². The Morgan fingerprint density at radius 2 is 1.86 bits per heavy atom. The predicted molar refractivity (Wildman–Crippen MR) is 89.2 cm³/mol. The highest BCUT2D eigenvalue weighted by molar-refractivity contribution is 7.98. The fourth-order valence-electron chi connectivity index (χ4n) is 2.50. The number of hydrogen-bond donors (Lipinski definition) is 1. The van der Waals surface area contributed by atoms with Crippen molar-refractivity contribution in [2.45, 2.75) is 18.7 Å². The second-order valence-corrected chi connectivity index (χ2v) is 5.86. The van der Waals surface area contributed by atoms with E-state index in [-0.39, 0.29) is 0 Å². The van der Waals surface area contributed by atoms with E-state index < -0.39 is 5.97 Å². The minimum absolute atomic E-state index is 0.354. The molecular weight excluding hydrogens is 282 g/mol. The van der Waals surface area contributed by atoms with Crippen molar-refractivity contribution < 1.29 is 9.90 Å². The van der Waals surface area contributed by atoms with Gasteiger partial charge in [0.05, 0.1) is 11.3 Å². The first-order chi connectivity index (χ1) is 9.95. The van der Waals surface area contributed by atoms with Crippen molar-refractivity contribution in [1.82, 2.24) is 0 Å². The van der Waals surface area contributed by atoms with Crippen LogP contribution in [0.5, 0.6) is 0 Å². The summed E-state index contributed by atoms with van der Waals surface area (Å²) >= 11 is 1.45. The molecule has 0 fully saturated rings. The van der Waals surface area contributed by atoms with Crippen LogP contribution in [0.2, 0.25) is 0 Å². The van der Waals surface area contributed by atoms with Crippen molar-refractivity contribution >= 4 is 29.1 Å². The Morgan fingerprint density at radius 1 is 1.14 bits per heavy atom. The van der Waals surface area contributed by atoms with Gasteiger partial charge in [-0.15, -0.1) is 11.8 Å². The Bertz CT molecular complexity index is 682. The summed E-state index contributed by atoms with van der Waals surface area (Å²) in [6.07, 6.45) is 1.89. The molecule has 1 N–H and O–H groups in total. The summed E-state index contributed by atoms with van der Waals surface area (Å²) in [6, 6.07) is 11.8. The number of hydrogen-bond acceptors (Lipinski definition) is 3. The molecule has 4 heteroatoms. The average molecular weight is 301 g/mol. The van der Waals surface area contributed by atoms with Gasteiger partial charge in [0.25, 0.3) is 0 Å². The minimum Gasteiger partial charge on any atom is -0.478 e. The van der Waals surface area contributed by atoms with Crippen molar-refractivity contribution in [1.29, 1.82) is 0 Å². The summed E-state index contributed by atoms with van der Waals surface area (Å²) in [4.78, 5) is 14.4. The summed E-state index contributed by atoms with van der Waals surface area (Å²) in [5.74, 6) is -0.897. The number of carboxylic acid groups (broad SMARTS) is 1. The molecule has 110 valence electrons. The van der Waals surface area contributed by atoms with Crippen LogP contribution in [-0.4, -0.2) is 24.4 Å². The van der Waals surface area contributed by atoms with E-state index in [2.05, 4.69) is 6.07 Å². The van der Waals surface area contributed by atoms with Gasteiger partial charge < -0.3 is 10.0 Å². The molecule has 3 nitrogen and oxygen atoms in total. The molecule has 21 heavy (non-hydrogen) atoms. The predicted octanol–water partition coefficient (Wildman–Crippen LogP) is 4.49. The summed E-state index contributed by atoms with van der Waals surface area (Å²) in [6.45, 7) is 4.09. The quantitative estimate of drug-likeness (QED) is 0.845. The lowest BCUT2D eigenvalue weighted by molar-refractivity contribution is 0.0694. The van der Waals surface area contributed by atoms with E-state index in [1.54, 1.807) is 0 Å². The van der Waals surface area contributed by atoms with Gasteiger partial charge in [0.1, 0.15) is 0 Å². The first kappa shape index (κ1) is 15.4. The molecule has 0 aromatic heterocycles. The molecule has 0 aliphatic heterocycles. The van der Waals surface area contributed by atoms with Gasteiger partial charge in [0.15, 0.2) is 0 Å². The Labute approximate surface area is 129 Å². The molecule has 0 spiro atoms. The first-order valence-corrected chi connectivity index (χ1v) is 7.89. The number of thioether (sulfide) groups is 1. The van der Waals surface area contributed by atoms with Crippen LogP contribution in [0, 0.1) is 13.8 Å². The van der Waals surface area contributed by atoms with Gasteiger partial charge in [0.2, 0.25) is 0 Å². The normalized spacial score (nSPS) is 10.5. The minimum atomic E-state index is -0.897. The van der Waals surface area contributed by atoms with Gasteiger partial charge >= 0.3 is 5.97 Å². The number of aryl methyl sites for hydroxylation is 2. The van der Waals surface area contributed by atoms with Crippen LogP contribution >= 0.6 is 11.8 Å². The number of nitrogens with zero attached hydrogens (tertiary/aromatic N) is 1. The van der Waals surface area contributed by atoms with E-state index >= 15 is 0 Å². The molecular formula is C17H19NO2S. The number of aromatic carboxylic acids is 1. The van der Waals surface area contributed by atoms with E-state index in [1.165, 1.54) is 17.3 Å². The summed E-state index contributed by atoms with van der Waals surface area (Å²) < 4.78 is 0. The number of rotatable bonds is 4. The van der Waals surface area contributed by atoms with E-state index in [0.717, 1.165) is 16.1 Å². The Morgan fingerprint density at radius 3 is 2.43 bits per heavy atom. The van der Waals surface area contributed by atoms with Gasteiger partial charge in [-0.25, -0.2) is 4.79 Å². The topological polar surface area (TPSA) is 40.5 Å². The lowest BCUT2D eigenvalue weighted by Gasteiger charge is -2.24. The monoisotopic (exact) mass is 301 g/mol. The molecule has 0 saturated heterocycles.